The lowest BCUT2D eigenvalue weighted by Gasteiger charge is -2.23. The van der Waals surface area contributed by atoms with E-state index in [0.29, 0.717) is 12.5 Å². The Bertz CT molecular complexity index is 159. The molecule has 0 spiro atoms. The van der Waals surface area contributed by atoms with Crippen LogP contribution < -0.4 is 0 Å². The van der Waals surface area contributed by atoms with Crippen molar-refractivity contribution in [2.24, 2.45) is 0 Å². The highest BCUT2D eigenvalue weighted by Gasteiger charge is 2.29. The summed E-state index contributed by atoms with van der Waals surface area (Å²) in [7, 11) is 0. The predicted molar refractivity (Wildman–Crippen MR) is 46.7 cm³/mol. The van der Waals surface area contributed by atoms with Gasteiger partial charge in [-0.15, -0.1) is 0 Å². The molecule has 1 aliphatic rings. The summed E-state index contributed by atoms with van der Waals surface area (Å²) in [4.78, 5) is 13.2. The first-order chi connectivity index (χ1) is 5.79. The summed E-state index contributed by atoms with van der Waals surface area (Å²) >= 11 is 0. The van der Waals surface area contributed by atoms with E-state index in [9.17, 15) is 4.79 Å². The van der Waals surface area contributed by atoms with E-state index in [1.165, 1.54) is 0 Å². The number of carbonyl (C=O) groups excluding carboxylic acids is 1. The van der Waals surface area contributed by atoms with Crippen LogP contribution in [0.1, 0.15) is 32.6 Å². The summed E-state index contributed by atoms with van der Waals surface area (Å²) in [6, 6.07) is 0.308. The number of aliphatic hydroxyl groups excluding tert-OH is 1. The van der Waals surface area contributed by atoms with Crippen molar-refractivity contribution in [1.29, 1.82) is 0 Å². The van der Waals surface area contributed by atoms with Crippen LogP contribution in [0.2, 0.25) is 0 Å². The maximum atomic E-state index is 11.3. The van der Waals surface area contributed by atoms with Gasteiger partial charge in [0.05, 0.1) is 0 Å². The van der Waals surface area contributed by atoms with E-state index in [0.717, 1.165) is 25.8 Å². The van der Waals surface area contributed by atoms with Gasteiger partial charge >= 0.3 is 0 Å². The first kappa shape index (κ1) is 9.52. The van der Waals surface area contributed by atoms with E-state index in [4.69, 9.17) is 5.11 Å². The summed E-state index contributed by atoms with van der Waals surface area (Å²) < 4.78 is 0. The van der Waals surface area contributed by atoms with Gasteiger partial charge in [0.25, 0.3) is 0 Å². The van der Waals surface area contributed by atoms with Crippen molar-refractivity contribution in [2.75, 3.05) is 13.2 Å². The molecule has 12 heavy (non-hydrogen) atoms. The molecule has 0 aromatic carbocycles. The number of hydrogen-bond acceptors (Lipinski definition) is 2. The highest BCUT2D eigenvalue weighted by atomic mass is 16.3. The van der Waals surface area contributed by atoms with Crippen LogP contribution in [-0.2, 0) is 4.79 Å². The summed E-state index contributed by atoms with van der Waals surface area (Å²) in [5.41, 5.74) is 0. The molecule has 0 bridgehead atoms. The number of amides is 1. The molecule has 1 fully saturated rings. The molecule has 3 nitrogen and oxygen atoms in total. The van der Waals surface area contributed by atoms with Gasteiger partial charge in [-0.2, -0.15) is 0 Å². The zero-order valence-electron chi connectivity index (χ0n) is 7.62. The Balaban J connectivity index is 2.45. The monoisotopic (exact) mass is 171 g/mol. The van der Waals surface area contributed by atoms with Gasteiger partial charge in [-0.25, -0.2) is 0 Å². The van der Waals surface area contributed by atoms with Crippen molar-refractivity contribution in [3.05, 3.63) is 0 Å². The van der Waals surface area contributed by atoms with Crippen molar-refractivity contribution in [3.8, 4) is 0 Å². The van der Waals surface area contributed by atoms with Gasteiger partial charge in [0.1, 0.15) is 0 Å². The number of nitrogens with zero attached hydrogens (tertiary/aromatic N) is 1. The van der Waals surface area contributed by atoms with Crippen LogP contribution >= 0.6 is 0 Å². The first-order valence-corrected chi connectivity index (χ1v) is 4.70. The van der Waals surface area contributed by atoms with E-state index in [2.05, 4.69) is 6.92 Å². The Morgan fingerprint density at radius 1 is 1.67 bits per heavy atom. The van der Waals surface area contributed by atoms with Crippen LogP contribution in [0, 0.1) is 0 Å². The minimum atomic E-state index is 0.193. The minimum Gasteiger partial charge on any atom is -0.396 e. The standard InChI is InChI=1S/C9H17NO2/c1-2-6-10-8(5-7-11)3-4-9(10)12/h8,11H,2-7H2,1H3. The zero-order chi connectivity index (χ0) is 8.97. The van der Waals surface area contributed by atoms with Crippen molar-refractivity contribution in [3.63, 3.8) is 0 Å². The molecule has 70 valence electrons. The van der Waals surface area contributed by atoms with Gasteiger partial charge in [-0.05, 0) is 19.3 Å². The molecule has 0 aromatic heterocycles. The van der Waals surface area contributed by atoms with Crippen LogP contribution in [0.4, 0.5) is 0 Å². The molecule has 1 N–H and O–H groups in total. The second kappa shape index (κ2) is 4.45. The number of aliphatic hydroxyl groups is 1. The van der Waals surface area contributed by atoms with Crippen LogP contribution in [0.25, 0.3) is 0 Å². The third-order valence-corrected chi connectivity index (χ3v) is 2.38. The topological polar surface area (TPSA) is 40.5 Å². The molecule has 1 amide bonds. The molecule has 1 rings (SSSR count). The number of rotatable bonds is 4. The van der Waals surface area contributed by atoms with Gasteiger partial charge in [0.2, 0.25) is 5.91 Å². The Morgan fingerprint density at radius 3 is 3.00 bits per heavy atom. The molecule has 1 aliphatic heterocycles. The lowest BCUT2D eigenvalue weighted by atomic mass is 10.1. The summed E-state index contributed by atoms with van der Waals surface area (Å²) in [5, 5.41) is 8.76. The van der Waals surface area contributed by atoms with E-state index in [1.54, 1.807) is 0 Å². The van der Waals surface area contributed by atoms with Gasteiger partial charge in [-0.1, -0.05) is 6.92 Å². The van der Waals surface area contributed by atoms with Crippen LogP contribution in [0.15, 0.2) is 0 Å². The number of hydrogen-bond donors (Lipinski definition) is 1. The molecule has 0 saturated carbocycles. The maximum Gasteiger partial charge on any atom is 0.222 e. The molecule has 0 radical (unpaired) electrons. The quantitative estimate of drug-likeness (QED) is 0.678. The van der Waals surface area contributed by atoms with Crippen molar-refractivity contribution in [2.45, 2.75) is 38.6 Å². The molecule has 1 heterocycles. The zero-order valence-corrected chi connectivity index (χ0v) is 7.62. The Morgan fingerprint density at radius 2 is 2.42 bits per heavy atom. The third kappa shape index (κ3) is 1.97. The highest BCUT2D eigenvalue weighted by molar-refractivity contribution is 5.78. The SMILES string of the molecule is CCCN1C(=O)CCC1CCO. The smallest absolute Gasteiger partial charge is 0.222 e. The maximum absolute atomic E-state index is 11.3. The molecule has 1 unspecified atom stereocenters. The first-order valence-electron chi connectivity index (χ1n) is 4.70. The average molecular weight is 171 g/mol. The lowest BCUT2D eigenvalue weighted by molar-refractivity contribution is -0.129. The molecular formula is C9H17NO2. The fraction of sp³-hybridized carbons (Fsp3) is 0.889. The Labute approximate surface area is 73.4 Å². The van der Waals surface area contributed by atoms with Crippen molar-refractivity contribution < 1.29 is 9.90 Å². The number of likely N-dealkylation sites (tertiary alicyclic amines) is 1. The number of carbonyl (C=O) groups is 1. The normalized spacial score (nSPS) is 23.7. The van der Waals surface area contributed by atoms with E-state index < -0.39 is 0 Å². The van der Waals surface area contributed by atoms with Gasteiger partial charge in [0.15, 0.2) is 0 Å². The molecular weight excluding hydrogens is 154 g/mol. The largest absolute Gasteiger partial charge is 0.396 e. The van der Waals surface area contributed by atoms with E-state index in [1.807, 2.05) is 4.90 Å². The summed E-state index contributed by atoms with van der Waals surface area (Å²) in [6.45, 7) is 3.11. The van der Waals surface area contributed by atoms with Crippen LogP contribution in [-0.4, -0.2) is 35.1 Å². The fourth-order valence-electron chi connectivity index (χ4n) is 1.79. The second-order valence-electron chi connectivity index (χ2n) is 3.29. The molecule has 3 heteroatoms. The minimum absolute atomic E-state index is 0.193. The van der Waals surface area contributed by atoms with Crippen molar-refractivity contribution in [1.82, 2.24) is 4.90 Å². The predicted octanol–water partition coefficient (Wildman–Crippen LogP) is 0.770. The van der Waals surface area contributed by atoms with Crippen LogP contribution in [0.5, 0.6) is 0 Å². The molecule has 1 atom stereocenters. The van der Waals surface area contributed by atoms with Gasteiger partial charge in [-0.3, -0.25) is 4.79 Å². The summed E-state index contributed by atoms with van der Waals surface area (Å²) in [6.07, 6.45) is 3.35. The fourth-order valence-corrected chi connectivity index (χ4v) is 1.79. The van der Waals surface area contributed by atoms with Gasteiger partial charge in [0, 0.05) is 25.6 Å². The highest BCUT2D eigenvalue weighted by Crippen LogP contribution is 2.20. The molecule has 1 saturated heterocycles. The third-order valence-electron chi connectivity index (χ3n) is 2.38. The van der Waals surface area contributed by atoms with E-state index >= 15 is 0 Å². The van der Waals surface area contributed by atoms with Gasteiger partial charge < -0.3 is 10.0 Å². The Kier molecular flexibility index (Phi) is 3.53. The Hall–Kier alpha value is -0.570. The second-order valence-corrected chi connectivity index (χ2v) is 3.29. The lowest BCUT2D eigenvalue weighted by Crippen LogP contribution is -2.34. The summed E-state index contributed by atoms with van der Waals surface area (Å²) in [5.74, 6) is 0.260. The molecule has 0 aromatic rings. The van der Waals surface area contributed by atoms with Crippen molar-refractivity contribution >= 4 is 5.91 Å². The van der Waals surface area contributed by atoms with E-state index in [-0.39, 0.29) is 12.5 Å². The van der Waals surface area contributed by atoms with Crippen LogP contribution in [0.3, 0.4) is 0 Å². The molecule has 0 aliphatic carbocycles. The average Bonchev–Trinajstić information content (AvgIpc) is 2.37.